The smallest absolute Gasteiger partial charge is 0.163 e. The van der Waals surface area contributed by atoms with Gasteiger partial charge in [-0.3, -0.25) is 4.57 Å². The molecule has 84 valence electrons. The van der Waals surface area contributed by atoms with Crippen molar-refractivity contribution in [2.24, 2.45) is 0 Å². The first-order chi connectivity index (χ1) is 7.74. The third kappa shape index (κ3) is 1.84. The second kappa shape index (κ2) is 4.45. The van der Waals surface area contributed by atoms with Crippen molar-refractivity contribution in [3.8, 4) is 5.69 Å². The fourth-order valence-electron chi connectivity index (χ4n) is 1.76. The lowest BCUT2D eigenvalue weighted by Crippen LogP contribution is -2.04. The molecule has 1 heterocycles. The number of benzene rings is 1. The highest BCUT2D eigenvalue weighted by molar-refractivity contribution is 5.43. The molecule has 4 heteroatoms. The lowest BCUT2D eigenvalue weighted by atomic mass is 10.0. The minimum Gasteiger partial charge on any atom is -0.388 e. The van der Waals surface area contributed by atoms with Gasteiger partial charge in [-0.1, -0.05) is 32.0 Å². The van der Waals surface area contributed by atoms with Crippen LogP contribution < -0.4 is 0 Å². The SMILES string of the molecule is CC(C)c1ccccc1-n1cnnc1CO. The van der Waals surface area contributed by atoms with Crippen LogP contribution in [0.25, 0.3) is 5.69 Å². The van der Waals surface area contributed by atoms with Crippen LogP contribution in [0.4, 0.5) is 0 Å². The first kappa shape index (κ1) is 10.8. The van der Waals surface area contributed by atoms with Crippen molar-refractivity contribution in [3.05, 3.63) is 42.0 Å². The summed E-state index contributed by atoms with van der Waals surface area (Å²) in [5.41, 5.74) is 2.25. The van der Waals surface area contributed by atoms with E-state index in [-0.39, 0.29) is 6.61 Å². The van der Waals surface area contributed by atoms with E-state index >= 15 is 0 Å². The van der Waals surface area contributed by atoms with Crippen LogP contribution in [0.15, 0.2) is 30.6 Å². The van der Waals surface area contributed by atoms with Gasteiger partial charge in [0, 0.05) is 0 Å². The molecule has 1 aromatic heterocycles. The first-order valence-corrected chi connectivity index (χ1v) is 5.33. The Labute approximate surface area is 94.6 Å². The van der Waals surface area contributed by atoms with Crippen molar-refractivity contribution in [2.45, 2.75) is 26.4 Å². The minimum atomic E-state index is -0.105. The number of rotatable bonds is 3. The highest BCUT2D eigenvalue weighted by atomic mass is 16.3. The van der Waals surface area contributed by atoms with E-state index in [1.54, 1.807) is 6.33 Å². The second-order valence-electron chi connectivity index (χ2n) is 3.99. The highest BCUT2D eigenvalue weighted by Crippen LogP contribution is 2.23. The van der Waals surface area contributed by atoms with Gasteiger partial charge < -0.3 is 5.11 Å². The molecular formula is C12H15N3O. The van der Waals surface area contributed by atoms with Crippen LogP contribution in [-0.4, -0.2) is 19.9 Å². The minimum absolute atomic E-state index is 0.105. The summed E-state index contributed by atoms with van der Waals surface area (Å²) in [5.74, 6) is 0.984. The molecule has 1 aromatic carbocycles. The molecule has 0 amide bonds. The molecule has 0 saturated carbocycles. The van der Waals surface area contributed by atoms with Gasteiger partial charge in [0.25, 0.3) is 0 Å². The molecule has 1 N–H and O–H groups in total. The van der Waals surface area contributed by atoms with Crippen LogP contribution in [0, 0.1) is 0 Å². The van der Waals surface area contributed by atoms with Gasteiger partial charge in [-0.05, 0) is 17.5 Å². The Morgan fingerprint density at radius 3 is 2.75 bits per heavy atom. The second-order valence-corrected chi connectivity index (χ2v) is 3.99. The number of nitrogens with zero attached hydrogens (tertiary/aromatic N) is 3. The van der Waals surface area contributed by atoms with Crippen molar-refractivity contribution < 1.29 is 5.11 Å². The highest BCUT2D eigenvalue weighted by Gasteiger charge is 2.10. The van der Waals surface area contributed by atoms with Crippen LogP contribution in [0.3, 0.4) is 0 Å². The van der Waals surface area contributed by atoms with Crippen LogP contribution in [0.2, 0.25) is 0 Å². The molecule has 0 aliphatic heterocycles. The Hall–Kier alpha value is -1.68. The fourth-order valence-corrected chi connectivity index (χ4v) is 1.76. The zero-order valence-electron chi connectivity index (χ0n) is 9.46. The molecule has 0 unspecified atom stereocenters. The third-order valence-electron chi connectivity index (χ3n) is 2.58. The normalized spacial score (nSPS) is 11.0. The first-order valence-electron chi connectivity index (χ1n) is 5.33. The van der Waals surface area contributed by atoms with Crippen LogP contribution in [0.5, 0.6) is 0 Å². The number of aromatic nitrogens is 3. The Balaban J connectivity index is 2.55. The van der Waals surface area contributed by atoms with Gasteiger partial charge in [0.05, 0.1) is 5.69 Å². The summed E-state index contributed by atoms with van der Waals surface area (Å²) in [4.78, 5) is 0. The van der Waals surface area contributed by atoms with E-state index in [2.05, 4.69) is 30.1 Å². The molecule has 0 bridgehead atoms. The maximum absolute atomic E-state index is 9.17. The number of hydrogen-bond donors (Lipinski definition) is 1. The molecule has 2 rings (SSSR count). The Morgan fingerprint density at radius 1 is 1.31 bits per heavy atom. The Kier molecular flexibility index (Phi) is 3.01. The van der Waals surface area contributed by atoms with E-state index in [4.69, 9.17) is 0 Å². The van der Waals surface area contributed by atoms with Gasteiger partial charge in [-0.2, -0.15) is 0 Å². The summed E-state index contributed by atoms with van der Waals surface area (Å²) < 4.78 is 1.83. The number of hydrogen-bond acceptors (Lipinski definition) is 3. The molecule has 0 radical (unpaired) electrons. The average molecular weight is 217 g/mol. The molecule has 0 fully saturated rings. The largest absolute Gasteiger partial charge is 0.388 e. The molecule has 4 nitrogen and oxygen atoms in total. The van der Waals surface area contributed by atoms with Crippen LogP contribution in [-0.2, 0) is 6.61 Å². The van der Waals surface area contributed by atoms with Gasteiger partial charge in [0.2, 0.25) is 0 Å². The molecule has 0 aliphatic rings. The fraction of sp³-hybridized carbons (Fsp3) is 0.333. The van der Waals surface area contributed by atoms with Gasteiger partial charge in [0.1, 0.15) is 12.9 Å². The standard InChI is InChI=1S/C12H15N3O/c1-9(2)10-5-3-4-6-11(10)15-8-13-14-12(15)7-16/h3-6,8-9,16H,7H2,1-2H3. The van der Waals surface area contributed by atoms with E-state index in [1.165, 1.54) is 5.56 Å². The van der Waals surface area contributed by atoms with E-state index in [0.29, 0.717) is 11.7 Å². The van der Waals surface area contributed by atoms with Gasteiger partial charge in [0.15, 0.2) is 5.82 Å². The van der Waals surface area contributed by atoms with Gasteiger partial charge >= 0.3 is 0 Å². The van der Waals surface area contributed by atoms with Crippen LogP contribution >= 0.6 is 0 Å². The van der Waals surface area contributed by atoms with Crippen LogP contribution in [0.1, 0.15) is 31.2 Å². The lowest BCUT2D eigenvalue weighted by Gasteiger charge is -2.13. The number of aliphatic hydroxyl groups excluding tert-OH is 1. The van der Waals surface area contributed by atoms with Gasteiger partial charge in [-0.25, -0.2) is 0 Å². The quantitative estimate of drug-likeness (QED) is 0.854. The van der Waals surface area contributed by atoms with Crippen molar-refractivity contribution >= 4 is 0 Å². The lowest BCUT2D eigenvalue weighted by molar-refractivity contribution is 0.269. The molecule has 16 heavy (non-hydrogen) atoms. The average Bonchev–Trinajstić information content (AvgIpc) is 2.76. The summed E-state index contributed by atoms with van der Waals surface area (Å²) in [6.07, 6.45) is 1.63. The topological polar surface area (TPSA) is 50.9 Å². The van der Waals surface area contributed by atoms with Crippen molar-refractivity contribution in [2.75, 3.05) is 0 Å². The summed E-state index contributed by atoms with van der Waals surface area (Å²) in [6.45, 7) is 4.18. The van der Waals surface area contributed by atoms with Gasteiger partial charge in [-0.15, -0.1) is 10.2 Å². The maximum atomic E-state index is 9.17. The molecular weight excluding hydrogens is 202 g/mol. The third-order valence-corrected chi connectivity index (χ3v) is 2.58. The Bertz CT molecular complexity index is 477. The Morgan fingerprint density at radius 2 is 2.06 bits per heavy atom. The molecule has 0 atom stereocenters. The zero-order valence-corrected chi connectivity index (χ0v) is 9.46. The summed E-state index contributed by atoms with van der Waals surface area (Å²) in [6, 6.07) is 8.09. The van der Waals surface area contributed by atoms with Crippen molar-refractivity contribution in [1.29, 1.82) is 0 Å². The van der Waals surface area contributed by atoms with E-state index < -0.39 is 0 Å². The van der Waals surface area contributed by atoms with E-state index in [1.807, 2.05) is 22.8 Å². The summed E-state index contributed by atoms with van der Waals surface area (Å²) in [7, 11) is 0. The maximum Gasteiger partial charge on any atom is 0.163 e. The predicted molar refractivity (Wildman–Crippen MR) is 61.4 cm³/mol. The zero-order chi connectivity index (χ0) is 11.5. The predicted octanol–water partition coefficient (Wildman–Crippen LogP) is 1.88. The number of para-hydroxylation sites is 1. The van der Waals surface area contributed by atoms with E-state index in [9.17, 15) is 5.11 Å². The van der Waals surface area contributed by atoms with E-state index in [0.717, 1.165) is 5.69 Å². The molecule has 2 aromatic rings. The van der Waals surface area contributed by atoms with Crippen molar-refractivity contribution in [1.82, 2.24) is 14.8 Å². The summed E-state index contributed by atoms with van der Waals surface area (Å²) in [5, 5.41) is 16.9. The monoisotopic (exact) mass is 217 g/mol. The molecule has 0 spiro atoms. The van der Waals surface area contributed by atoms with Crippen molar-refractivity contribution in [3.63, 3.8) is 0 Å². The number of aliphatic hydroxyl groups is 1. The molecule has 0 aliphatic carbocycles. The molecule has 0 saturated heterocycles. The summed E-state index contributed by atoms with van der Waals surface area (Å²) >= 11 is 0.